The molecule has 7 nitrogen and oxygen atoms in total. The Hall–Kier alpha value is -3.06. The van der Waals surface area contributed by atoms with Crippen molar-refractivity contribution in [1.82, 2.24) is 15.3 Å². The molecule has 0 saturated heterocycles. The van der Waals surface area contributed by atoms with Crippen molar-refractivity contribution >= 4 is 39.9 Å². The summed E-state index contributed by atoms with van der Waals surface area (Å²) in [6.07, 6.45) is 3.53. The molecule has 3 aromatic rings. The molecule has 0 bridgehead atoms. The molecule has 0 aliphatic carbocycles. The molecule has 0 fully saturated rings. The van der Waals surface area contributed by atoms with Crippen LogP contribution in [-0.2, 0) is 11.2 Å². The van der Waals surface area contributed by atoms with E-state index in [0.29, 0.717) is 40.5 Å². The van der Waals surface area contributed by atoms with Gasteiger partial charge in [0.05, 0.1) is 12.6 Å². The molecule has 3 N–H and O–H groups in total. The molecule has 0 aliphatic rings. The zero-order valence-corrected chi connectivity index (χ0v) is 16.2. The van der Waals surface area contributed by atoms with Gasteiger partial charge in [0.25, 0.3) is 0 Å². The van der Waals surface area contributed by atoms with E-state index < -0.39 is 0 Å². The Morgan fingerprint density at radius 1 is 1.29 bits per heavy atom. The van der Waals surface area contributed by atoms with E-state index in [1.54, 1.807) is 31.2 Å². The third-order valence-electron chi connectivity index (χ3n) is 4.22. The molecule has 0 unspecified atom stereocenters. The average Bonchev–Trinajstić information content (AvgIpc) is 2.69. The molecule has 28 heavy (non-hydrogen) atoms. The first-order valence-corrected chi connectivity index (χ1v) is 9.04. The topological polar surface area (TPSA) is 96.4 Å². The Kier molecular flexibility index (Phi) is 6.16. The van der Waals surface area contributed by atoms with E-state index in [1.807, 2.05) is 6.07 Å². The minimum Gasteiger partial charge on any atom is -0.504 e. The van der Waals surface area contributed by atoms with Crippen LogP contribution < -0.4 is 15.4 Å². The number of hydrogen-bond donors (Lipinski definition) is 3. The van der Waals surface area contributed by atoms with Crippen LogP contribution in [0.1, 0.15) is 12.5 Å². The summed E-state index contributed by atoms with van der Waals surface area (Å²) in [5.41, 5.74) is 2.35. The van der Waals surface area contributed by atoms with Crippen LogP contribution in [0.25, 0.3) is 10.9 Å². The van der Waals surface area contributed by atoms with Gasteiger partial charge in [-0.1, -0.05) is 24.6 Å². The number of rotatable bonds is 7. The molecule has 0 atom stereocenters. The van der Waals surface area contributed by atoms with Crippen LogP contribution in [0, 0.1) is 6.42 Å². The maximum atomic E-state index is 11.4. The van der Waals surface area contributed by atoms with Crippen LogP contribution in [0.2, 0.25) is 5.02 Å². The molecule has 8 heteroatoms. The number of aromatic hydroxyl groups is 1. The summed E-state index contributed by atoms with van der Waals surface area (Å²) in [6.45, 7) is 2.18. The van der Waals surface area contributed by atoms with Crippen LogP contribution in [0.15, 0.2) is 36.7 Å². The molecule has 0 saturated carbocycles. The lowest BCUT2D eigenvalue weighted by Crippen LogP contribution is -2.25. The van der Waals surface area contributed by atoms with Gasteiger partial charge in [0, 0.05) is 35.1 Å². The minimum absolute atomic E-state index is 0.00213. The second-order valence-electron chi connectivity index (χ2n) is 6.02. The predicted octanol–water partition coefficient (Wildman–Crippen LogP) is 3.62. The van der Waals surface area contributed by atoms with Crippen molar-refractivity contribution in [3.05, 3.63) is 53.7 Å². The maximum absolute atomic E-state index is 11.4. The highest BCUT2D eigenvalue weighted by Gasteiger charge is 2.12. The summed E-state index contributed by atoms with van der Waals surface area (Å²) in [7, 11) is 1.48. The molecule has 0 aliphatic heterocycles. The number of carbonyl (C=O) groups excluding carboxylic acids is 1. The number of aromatic nitrogens is 2. The Morgan fingerprint density at radius 2 is 2.11 bits per heavy atom. The lowest BCUT2D eigenvalue weighted by atomic mass is 10.1. The molecule has 145 valence electrons. The second-order valence-corrected chi connectivity index (χ2v) is 6.46. The molecule has 3 rings (SSSR count). The Labute approximate surface area is 167 Å². The van der Waals surface area contributed by atoms with Crippen molar-refractivity contribution < 1.29 is 14.6 Å². The van der Waals surface area contributed by atoms with Crippen LogP contribution in [0.3, 0.4) is 0 Å². The van der Waals surface area contributed by atoms with Crippen LogP contribution in [0.5, 0.6) is 11.5 Å². The molecule has 1 radical (unpaired) electrons. The fourth-order valence-corrected chi connectivity index (χ4v) is 2.94. The maximum Gasteiger partial charge on any atom is 0.223 e. The zero-order chi connectivity index (χ0) is 20.1. The summed E-state index contributed by atoms with van der Waals surface area (Å²) in [5.74, 6) is 0.744. The van der Waals surface area contributed by atoms with Gasteiger partial charge in [0.2, 0.25) is 5.91 Å². The van der Waals surface area contributed by atoms with E-state index in [2.05, 4.69) is 20.6 Å². The third kappa shape index (κ3) is 4.43. The molecule has 0 spiro atoms. The monoisotopic (exact) mass is 399 g/mol. The van der Waals surface area contributed by atoms with E-state index in [4.69, 9.17) is 16.3 Å². The lowest BCUT2D eigenvalue weighted by molar-refractivity contribution is -0.117. The fraction of sp³-hybridized carbons (Fsp3) is 0.200. The number of benzene rings is 2. The normalized spacial score (nSPS) is 10.7. The third-order valence-corrected chi connectivity index (χ3v) is 4.45. The van der Waals surface area contributed by atoms with Gasteiger partial charge in [0.15, 0.2) is 11.5 Å². The van der Waals surface area contributed by atoms with Gasteiger partial charge in [-0.2, -0.15) is 0 Å². The molecule has 1 heterocycles. The smallest absolute Gasteiger partial charge is 0.223 e. The van der Waals surface area contributed by atoms with Gasteiger partial charge >= 0.3 is 0 Å². The summed E-state index contributed by atoms with van der Waals surface area (Å²) in [6, 6.07) is 8.69. The second kappa shape index (κ2) is 8.75. The first-order valence-electron chi connectivity index (χ1n) is 8.66. The van der Waals surface area contributed by atoms with Crippen LogP contribution in [-0.4, -0.2) is 34.6 Å². The first-order chi connectivity index (χ1) is 13.5. The van der Waals surface area contributed by atoms with Gasteiger partial charge in [-0.3, -0.25) is 4.79 Å². The number of anilines is 2. The lowest BCUT2D eigenvalue weighted by Gasteiger charge is -2.14. The average molecular weight is 400 g/mol. The van der Waals surface area contributed by atoms with E-state index >= 15 is 0 Å². The fourth-order valence-electron chi connectivity index (χ4n) is 2.77. The van der Waals surface area contributed by atoms with Crippen LogP contribution in [0.4, 0.5) is 11.5 Å². The van der Waals surface area contributed by atoms with E-state index in [-0.39, 0.29) is 11.7 Å². The molecule has 1 aromatic heterocycles. The van der Waals surface area contributed by atoms with Crippen molar-refractivity contribution in [2.45, 2.75) is 13.3 Å². The number of nitrogens with zero attached hydrogens (tertiary/aromatic N) is 2. The number of nitrogens with one attached hydrogen (secondary N) is 2. The first kappa shape index (κ1) is 19.7. The van der Waals surface area contributed by atoms with E-state index in [0.717, 1.165) is 11.3 Å². The van der Waals surface area contributed by atoms with Crippen molar-refractivity contribution in [3.8, 4) is 11.5 Å². The standard InChI is InChI=1S/C20H20ClN4O3/c1-3-19(27)22-7-6-12-4-5-13(21)8-15(12)25-20-14-9-17(26)18(28-2)10-16(14)23-11-24-20/h3-5,8-11,26H,6-7H2,1-2H3,(H,22,27)(H,23,24,25). The van der Waals surface area contributed by atoms with Crippen molar-refractivity contribution in [1.29, 1.82) is 0 Å². The number of ether oxygens (including phenoxy) is 1. The van der Waals surface area contributed by atoms with Crippen molar-refractivity contribution in [3.63, 3.8) is 0 Å². The number of methoxy groups -OCH3 is 1. The number of hydrogen-bond acceptors (Lipinski definition) is 6. The largest absolute Gasteiger partial charge is 0.504 e. The zero-order valence-electron chi connectivity index (χ0n) is 15.5. The van der Waals surface area contributed by atoms with E-state index in [9.17, 15) is 9.90 Å². The number of amides is 1. The summed E-state index contributed by atoms with van der Waals surface area (Å²) in [4.78, 5) is 19.9. The molecule has 2 aromatic carbocycles. The summed E-state index contributed by atoms with van der Waals surface area (Å²) < 4.78 is 5.13. The Balaban J connectivity index is 1.92. The number of halogens is 1. The Bertz CT molecular complexity index is 1010. The SMILES string of the molecule is C[CH]C(=O)NCCc1ccc(Cl)cc1Nc1ncnc2cc(OC)c(O)cc12. The summed E-state index contributed by atoms with van der Waals surface area (Å²) >= 11 is 6.17. The highest BCUT2D eigenvalue weighted by molar-refractivity contribution is 6.30. The van der Waals surface area contributed by atoms with Gasteiger partial charge in [-0.25, -0.2) is 9.97 Å². The predicted molar refractivity (Wildman–Crippen MR) is 109 cm³/mol. The highest BCUT2D eigenvalue weighted by Crippen LogP contribution is 2.34. The van der Waals surface area contributed by atoms with Gasteiger partial charge < -0.3 is 20.5 Å². The minimum atomic E-state index is -0.116. The van der Waals surface area contributed by atoms with E-state index in [1.165, 1.54) is 19.9 Å². The number of phenolic OH excluding ortho intramolecular Hbond substituents is 1. The van der Waals surface area contributed by atoms with Crippen LogP contribution >= 0.6 is 11.6 Å². The van der Waals surface area contributed by atoms with Gasteiger partial charge in [0.1, 0.15) is 12.1 Å². The number of carbonyl (C=O) groups is 1. The highest BCUT2D eigenvalue weighted by atomic mass is 35.5. The number of phenols is 1. The quantitative estimate of drug-likeness (QED) is 0.561. The van der Waals surface area contributed by atoms with Crippen molar-refractivity contribution in [2.75, 3.05) is 19.0 Å². The molecular weight excluding hydrogens is 380 g/mol. The molecular formula is C20H20ClN4O3. The molecule has 1 amide bonds. The van der Waals surface area contributed by atoms with Gasteiger partial charge in [-0.15, -0.1) is 0 Å². The van der Waals surface area contributed by atoms with Gasteiger partial charge in [-0.05, 0) is 30.2 Å². The van der Waals surface area contributed by atoms with Crippen molar-refractivity contribution in [2.24, 2.45) is 0 Å². The summed E-state index contributed by atoms with van der Waals surface area (Å²) in [5, 5.41) is 17.4. The number of fused-ring (bicyclic) bond motifs is 1. The Morgan fingerprint density at radius 3 is 2.86 bits per heavy atom.